The molecule has 1 aliphatic heterocycles. The Kier molecular flexibility index (Phi) is 4.33. The highest BCUT2D eigenvalue weighted by atomic mass is 32.2. The summed E-state index contributed by atoms with van der Waals surface area (Å²) in [6, 6.07) is 2.45. The molecule has 1 unspecified atom stereocenters. The molecule has 22 heavy (non-hydrogen) atoms. The summed E-state index contributed by atoms with van der Waals surface area (Å²) in [5.74, 6) is -2.07. The van der Waals surface area contributed by atoms with Crippen LogP contribution in [0.5, 0.6) is 0 Å². The van der Waals surface area contributed by atoms with E-state index in [1.165, 1.54) is 0 Å². The lowest BCUT2D eigenvalue weighted by Gasteiger charge is -2.37. The molecule has 1 fully saturated rings. The molecule has 0 bridgehead atoms. The summed E-state index contributed by atoms with van der Waals surface area (Å²) in [7, 11) is -4.16. The van der Waals surface area contributed by atoms with Crippen LogP contribution in [0.2, 0.25) is 0 Å². The normalized spacial score (nSPS) is 19.9. The van der Waals surface area contributed by atoms with Crippen molar-refractivity contribution in [1.82, 2.24) is 9.21 Å². The summed E-state index contributed by atoms with van der Waals surface area (Å²) in [4.78, 5) is 22.8. The molecule has 0 radical (unpaired) electrons. The molecule has 0 aromatic heterocycles. The molecule has 1 aliphatic rings. The van der Waals surface area contributed by atoms with Gasteiger partial charge in [0.1, 0.15) is 11.9 Å². The van der Waals surface area contributed by atoms with Crippen molar-refractivity contribution in [2.75, 3.05) is 19.6 Å². The van der Waals surface area contributed by atoms with E-state index in [1.807, 2.05) is 0 Å². The van der Waals surface area contributed by atoms with E-state index in [4.69, 9.17) is 5.11 Å². The first-order valence-corrected chi connectivity index (χ1v) is 7.65. The Hall–Kier alpha value is -2.20. The van der Waals surface area contributed by atoms with Crippen LogP contribution in [0, 0.1) is 5.82 Å². The fourth-order valence-corrected chi connectivity index (χ4v) is 3.74. The average molecular weight is 332 g/mol. The fourth-order valence-electron chi connectivity index (χ4n) is 2.17. The zero-order valence-corrected chi connectivity index (χ0v) is 12.0. The van der Waals surface area contributed by atoms with E-state index < -0.39 is 40.5 Å². The first-order chi connectivity index (χ1) is 10.2. The number of nitrogens with zero attached hydrogens (tertiary/aromatic N) is 2. The van der Waals surface area contributed by atoms with E-state index >= 15 is 0 Å². The van der Waals surface area contributed by atoms with Crippen LogP contribution in [0.1, 0.15) is 0 Å². The number of sulfonamides is 1. The number of carboxylic acids is 1. The average Bonchev–Trinajstić information content (AvgIpc) is 2.46. The van der Waals surface area contributed by atoms with Crippen molar-refractivity contribution in [3.05, 3.63) is 30.1 Å². The standard InChI is InChI=1S/C12H13FN2O6S/c13-8-1-3-9(4-2-8)22(20,21)15-6-5-14(12(18)19)7-10(15)11(16)17/h1-4,10H,5-7H2,(H,16,17)(H,18,19). The van der Waals surface area contributed by atoms with Crippen molar-refractivity contribution in [1.29, 1.82) is 0 Å². The number of rotatable bonds is 3. The van der Waals surface area contributed by atoms with E-state index in [1.54, 1.807) is 0 Å². The molecule has 1 atom stereocenters. The maximum Gasteiger partial charge on any atom is 0.407 e. The van der Waals surface area contributed by atoms with E-state index in [0.29, 0.717) is 0 Å². The maximum absolute atomic E-state index is 12.9. The molecular formula is C12H13FN2O6S. The Morgan fingerprint density at radius 3 is 2.23 bits per heavy atom. The minimum Gasteiger partial charge on any atom is -0.480 e. The van der Waals surface area contributed by atoms with Gasteiger partial charge in [0, 0.05) is 13.1 Å². The third kappa shape index (κ3) is 3.02. The van der Waals surface area contributed by atoms with Crippen LogP contribution >= 0.6 is 0 Å². The van der Waals surface area contributed by atoms with Crippen LogP contribution in [-0.2, 0) is 14.8 Å². The lowest BCUT2D eigenvalue weighted by atomic mass is 10.2. The van der Waals surface area contributed by atoms with E-state index in [-0.39, 0.29) is 18.0 Å². The number of carbonyl (C=O) groups is 2. The van der Waals surface area contributed by atoms with Gasteiger partial charge in [0.25, 0.3) is 0 Å². The number of benzene rings is 1. The third-order valence-corrected chi connectivity index (χ3v) is 5.23. The van der Waals surface area contributed by atoms with Crippen LogP contribution in [-0.4, -0.2) is 65.6 Å². The second kappa shape index (κ2) is 5.89. The van der Waals surface area contributed by atoms with Crippen LogP contribution in [0.3, 0.4) is 0 Å². The lowest BCUT2D eigenvalue weighted by molar-refractivity contribution is -0.142. The molecule has 0 spiro atoms. The Labute approximate surface area is 125 Å². The fraction of sp³-hybridized carbons (Fsp3) is 0.333. The molecule has 1 heterocycles. The Balaban J connectivity index is 2.35. The van der Waals surface area contributed by atoms with Crippen molar-refractivity contribution in [2.24, 2.45) is 0 Å². The van der Waals surface area contributed by atoms with Gasteiger partial charge in [-0.15, -0.1) is 0 Å². The molecule has 2 rings (SSSR count). The van der Waals surface area contributed by atoms with E-state index in [9.17, 15) is 27.5 Å². The minimum absolute atomic E-state index is 0.139. The van der Waals surface area contributed by atoms with Crippen molar-refractivity contribution in [3.63, 3.8) is 0 Å². The smallest absolute Gasteiger partial charge is 0.407 e. The van der Waals surface area contributed by atoms with E-state index in [0.717, 1.165) is 33.5 Å². The van der Waals surface area contributed by atoms with Gasteiger partial charge in [0.2, 0.25) is 10.0 Å². The second-order valence-corrected chi connectivity index (χ2v) is 6.54. The monoisotopic (exact) mass is 332 g/mol. The molecule has 1 amide bonds. The van der Waals surface area contributed by atoms with Gasteiger partial charge in [-0.25, -0.2) is 17.6 Å². The predicted octanol–water partition coefficient (Wildman–Crippen LogP) is 0.263. The topological polar surface area (TPSA) is 115 Å². The molecule has 2 N–H and O–H groups in total. The van der Waals surface area contributed by atoms with Crippen LogP contribution in [0.15, 0.2) is 29.2 Å². The molecule has 0 saturated carbocycles. The van der Waals surface area contributed by atoms with Crippen molar-refractivity contribution >= 4 is 22.1 Å². The second-order valence-electron chi connectivity index (χ2n) is 4.65. The molecule has 1 aromatic rings. The Bertz CT molecular complexity index is 690. The van der Waals surface area contributed by atoms with Gasteiger partial charge in [0.05, 0.1) is 11.4 Å². The maximum atomic E-state index is 12.9. The third-order valence-electron chi connectivity index (χ3n) is 3.31. The van der Waals surface area contributed by atoms with Crippen LogP contribution < -0.4 is 0 Å². The van der Waals surface area contributed by atoms with Crippen LogP contribution in [0.4, 0.5) is 9.18 Å². The summed E-state index contributed by atoms with van der Waals surface area (Å²) in [5, 5.41) is 18.1. The molecule has 8 nitrogen and oxygen atoms in total. The minimum atomic E-state index is -4.16. The van der Waals surface area contributed by atoms with Gasteiger partial charge in [-0.1, -0.05) is 0 Å². The largest absolute Gasteiger partial charge is 0.480 e. The number of carboxylic acid groups (broad SMARTS) is 2. The number of amides is 1. The summed E-state index contributed by atoms with van der Waals surface area (Å²) >= 11 is 0. The SMILES string of the molecule is O=C(O)C1CN(C(=O)O)CCN1S(=O)(=O)c1ccc(F)cc1. The summed E-state index contributed by atoms with van der Waals surface area (Å²) in [6.07, 6.45) is -1.31. The zero-order chi connectivity index (χ0) is 16.5. The number of aliphatic carboxylic acids is 1. The van der Waals surface area contributed by atoms with Crippen molar-refractivity contribution in [2.45, 2.75) is 10.9 Å². The summed E-state index contributed by atoms with van der Waals surface area (Å²) < 4.78 is 38.5. The summed E-state index contributed by atoms with van der Waals surface area (Å²) in [5.41, 5.74) is 0. The molecular weight excluding hydrogens is 319 g/mol. The summed E-state index contributed by atoms with van der Waals surface area (Å²) in [6.45, 7) is -0.895. The lowest BCUT2D eigenvalue weighted by Crippen LogP contribution is -2.59. The molecule has 120 valence electrons. The number of halogens is 1. The number of hydrogen-bond donors (Lipinski definition) is 2. The first kappa shape index (κ1) is 16.2. The zero-order valence-electron chi connectivity index (χ0n) is 11.2. The quantitative estimate of drug-likeness (QED) is 0.820. The van der Waals surface area contributed by atoms with Crippen LogP contribution in [0.25, 0.3) is 0 Å². The number of hydrogen-bond acceptors (Lipinski definition) is 4. The predicted molar refractivity (Wildman–Crippen MR) is 71.3 cm³/mol. The van der Waals surface area contributed by atoms with Gasteiger partial charge < -0.3 is 15.1 Å². The van der Waals surface area contributed by atoms with E-state index in [2.05, 4.69) is 0 Å². The first-order valence-electron chi connectivity index (χ1n) is 6.21. The highest BCUT2D eigenvalue weighted by Gasteiger charge is 2.41. The van der Waals surface area contributed by atoms with Gasteiger partial charge in [0.15, 0.2) is 0 Å². The molecule has 1 saturated heterocycles. The van der Waals surface area contributed by atoms with Gasteiger partial charge in [-0.2, -0.15) is 4.31 Å². The van der Waals surface area contributed by atoms with Gasteiger partial charge in [-0.3, -0.25) is 4.79 Å². The van der Waals surface area contributed by atoms with Gasteiger partial charge in [-0.05, 0) is 24.3 Å². The highest BCUT2D eigenvalue weighted by molar-refractivity contribution is 7.89. The Morgan fingerprint density at radius 1 is 1.14 bits per heavy atom. The van der Waals surface area contributed by atoms with Gasteiger partial charge >= 0.3 is 12.1 Å². The highest BCUT2D eigenvalue weighted by Crippen LogP contribution is 2.22. The Morgan fingerprint density at radius 2 is 1.73 bits per heavy atom. The molecule has 1 aromatic carbocycles. The van der Waals surface area contributed by atoms with Crippen molar-refractivity contribution < 1.29 is 32.6 Å². The number of piperazine rings is 1. The molecule has 0 aliphatic carbocycles. The van der Waals surface area contributed by atoms with Crippen molar-refractivity contribution in [3.8, 4) is 0 Å². The molecule has 10 heteroatoms.